The lowest BCUT2D eigenvalue weighted by Crippen LogP contribution is -2.26. The van der Waals surface area contributed by atoms with Gasteiger partial charge in [-0.1, -0.05) is 87.7 Å². The predicted octanol–water partition coefficient (Wildman–Crippen LogP) is 6.40. The Bertz CT molecular complexity index is 679. The lowest BCUT2D eigenvalue weighted by molar-refractivity contribution is 0.299. The second-order valence-corrected chi connectivity index (χ2v) is 8.50. The number of nitrogens with two attached hydrogens (primary N) is 1. The second-order valence-electron chi connectivity index (χ2n) is 8.50. The van der Waals surface area contributed by atoms with Crippen molar-refractivity contribution in [2.75, 3.05) is 0 Å². The summed E-state index contributed by atoms with van der Waals surface area (Å²) in [4.78, 5) is 4.65. The molecule has 2 N–H and O–H groups in total. The van der Waals surface area contributed by atoms with Crippen LogP contribution in [0, 0.1) is 0 Å². The van der Waals surface area contributed by atoms with Crippen LogP contribution in [-0.2, 0) is 6.42 Å². The molecule has 1 saturated carbocycles. The zero-order valence-corrected chi connectivity index (χ0v) is 17.5. The lowest BCUT2D eigenvalue weighted by Gasteiger charge is -2.23. The van der Waals surface area contributed by atoms with Gasteiger partial charge >= 0.3 is 0 Å². The number of rotatable bonds is 11. The topological polar surface area (TPSA) is 64.9 Å². The number of benzene rings is 1. The van der Waals surface area contributed by atoms with Crippen LogP contribution in [-0.4, -0.2) is 16.2 Å². The van der Waals surface area contributed by atoms with Crippen LogP contribution in [0.15, 0.2) is 28.8 Å². The molecule has 1 aliphatic carbocycles. The van der Waals surface area contributed by atoms with Crippen molar-refractivity contribution in [2.24, 2.45) is 5.73 Å². The van der Waals surface area contributed by atoms with Crippen LogP contribution in [0.3, 0.4) is 0 Å². The third kappa shape index (κ3) is 6.44. The van der Waals surface area contributed by atoms with Crippen LogP contribution >= 0.6 is 0 Å². The molecule has 0 spiro atoms. The van der Waals surface area contributed by atoms with Gasteiger partial charge in [-0.15, -0.1) is 0 Å². The predicted molar refractivity (Wildman–Crippen MR) is 115 cm³/mol. The van der Waals surface area contributed by atoms with Gasteiger partial charge in [0.1, 0.15) is 0 Å². The third-order valence-electron chi connectivity index (χ3n) is 6.04. The van der Waals surface area contributed by atoms with Crippen LogP contribution in [0.4, 0.5) is 0 Å². The first-order chi connectivity index (χ1) is 13.8. The Morgan fingerprint density at radius 2 is 1.68 bits per heavy atom. The highest BCUT2D eigenvalue weighted by Gasteiger charge is 2.25. The largest absolute Gasteiger partial charge is 0.339 e. The van der Waals surface area contributed by atoms with E-state index >= 15 is 0 Å². The molecule has 2 atom stereocenters. The molecule has 0 aliphatic heterocycles. The SMILES string of the molecule is CCCCCCCCCCc1ccc(-c2noc(C3CCC[C@@H](N)C3)n2)cc1. The molecule has 0 saturated heterocycles. The van der Waals surface area contributed by atoms with Gasteiger partial charge in [0.05, 0.1) is 0 Å². The maximum atomic E-state index is 6.09. The number of unbranched alkanes of at least 4 members (excludes halogenated alkanes) is 7. The van der Waals surface area contributed by atoms with E-state index in [-0.39, 0.29) is 6.04 Å². The minimum Gasteiger partial charge on any atom is -0.339 e. The highest BCUT2D eigenvalue weighted by atomic mass is 16.5. The molecule has 1 unspecified atom stereocenters. The van der Waals surface area contributed by atoms with Gasteiger partial charge in [-0.05, 0) is 37.7 Å². The quantitative estimate of drug-likeness (QED) is 0.456. The van der Waals surface area contributed by atoms with E-state index in [1.807, 2.05) is 0 Å². The van der Waals surface area contributed by atoms with Crippen molar-refractivity contribution in [3.05, 3.63) is 35.7 Å². The van der Waals surface area contributed by atoms with E-state index in [2.05, 4.69) is 41.3 Å². The van der Waals surface area contributed by atoms with Crippen molar-refractivity contribution < 1.29 is 4.52 Å². The number of nitrogens with zero attached hydrogens (tertiary/aromatic N) is 2. The molecule has 4 nitrogen and oxygen atoms in total. The summed E-state index contributed by atoms with van der Waals surface area (Å²) < 4.78 is 5.55. The van der Waals surface area contributed by atoms with E-state index in [4.69, 9.17) is 10.3 Å². The Hall–Kier alpha value is -1.68. The molecule has 154 valence electrons. The highest BCUT2D eigenvalue weighted by Crippen LogP contribution is 2.32. The van der Waals surface area contributed by atoms with Crippen molar-refractivity contribution in [1.29, 1.82) is 0 Å². The van der Waals surface area contributed by atoms with Gasteiger partial charge < -0.3 is 10.3 Å². The van der Waals surface area contributed by atoms with E-state index in [1.165, 1.54) is 56.9 Å². The van der Waals surface area contributed by atoms with E-state index in [1.54, 1.807) is 0 Å². The smallest absolute Gasteiger partial charge is 0.230 e. The fourth-order valence-corrected chi connectivity index (χ4v) is 4.25. The summed E-state index contributed by atoms with van der Waals surface area (Å²) in [5, 5.41) is 4.21. The molecule has 0 amide bonds. The summed E-state index contributed by atoms with van der Waals surface area (Å²) >= 11 is 0. The van der Waals surface area contributed by atoms with Gasteiger partial charge in [-0.3, -0.25) is 0 Å². The highest BCUT2D eigenvalue weighted by molar-refractivity contribution is 5.54. The summed E-state index contributed by atoms with van der Waals surface area (Å²) in [6.45, 7) is 2.27. The van der Waals surface area contributed by atoms with Crippen molar-refractivity contribution >= 4 is 0 Å². The molecule has 1 aromatic carbocycles. The first-order valence-corrected chi connectivity index (χ1v) is 11.4. The minimum atomic E-state index is 0.268. The fraction of sp³-hybridized carbons (Fsp3) is 0.667. The minimum absolute atomic E-state index is 0.268. The van der Waals surface area contributed by atoms with Gasteiger partial charge in [0.15, 0.2) is 0 Å². The number of hydrogen-bond acceptors (Lipinski definition) is 4. The van der Waals surface area contributed by atoms with E-state index in [0.29, 0.717) is 11.7 Å². The Morgan fingerprint density at radius 3 is 2.39 bits per heavy atom. The Balaban J connectivity index is 1.42. The maximum Gasteiger partial charge on any atom is 0.230 e. The average Bonchev–Trinajstić information content (AvgIpc) is 3.21. The van der Waals surface area contributed by atoms with Gasteiger partial charge in [0.2, 0.25) is 11.7 Å². The normalized spacial score (nSPS) is 19.8. The third-order valence-corrected chi connectivity index (χ3v) is 6.04. The Morgan fingerprint density at radius 1 is 0.964 bits per heavy atom. The molecule has 0 bridgehead atoms. The molecular weight excluding hydrogens is 346 g/mol. The molecule has 1 fully saturated rings. The van der Waals surface area contributed by atoms with Gasteiger partial charge in [0, 0.05) is 17.5 Å². The van der Waals surface area contributed by atoms with Crippen LogP contribution < -0.4 is 5.73 Å². The van der Waals surface area contributed by atoms with Crippen LogP contribution in [0.25, 0.3) is 11.4 Å². The zero-order valence-electron chi connectivity index (χ0n) is 17.5. The van der Waals surface area contributed by atoms with Crippen LogP contribution in [0.2, 0.25) is 0 Å². The van der Waals surface area contributed by atoms with Crippen LogP contribution in [0.5, 0.6) is 0 Å². The van der Waals surface area contributed by atoms with Crippen molar-refractivity contribution in [1.82, 2.24) is 10.1 Å². The molecule has 2 aromatic rings. The van der Waals surface area contributed by atoms with Crippen molar-refractivity contribution in [3.63, 3.8) is 0 Å². The van der Waals surface area contributed by atoms with Crippen molar-refractivity contribution in [3.8, 4) is 11.4 Å². The Labute approximate surface area is 170 Å². The molecule has 0 radical (unpaired) electrons. The molecule has 3 rings (SSSR count). The van der Waals surface area contributed by atoms with Gasteiger partial charge in [-0.2, -0.15) is 4.98 Å². The molecule has 1 heterocycles. The summed E-state index contributed by atoms with van der Waals surface area (Å²) in [6, 6.07) is 8.94. The van der Waals surface area contributed by atoms with Gasteiger partial charge in [-0.25, -0.2) is 0 Å². The first kappa shape index (κ1) is 21.0. The molecule has 4 heteroatoms. The Kier molecular flexibility index (Phi) is 8.53. The van der Waals surface area contributed by atoms with Gasteiger partial charge in [0.25, 0.3) is 0 Å². The molecule has 28 heavy (non-hydrogen) atoms. The number of aryl methyl sites for hydroxylation is 1. The van der Waals surface area contributed by atoms with Crippen LogP contribution in [0.1, 0.15) is 101 Å². The van der Waals surface area contributed by atoms with E-state index in [0.717, 1.165) is 43.6 Å². The summed E-state index contributed by atoms with van der Waals surface area (Å²) in [6.07, 6.45) is 16.4. The number of hydrogen-bond donors (Lipinski definition) is 1. The fourth-order valence-electron chi connectivity index (χ4n) is 4.25. The zero-order chi connectivity index (χ0) is 19.6. The molecule has 1 aromatic heterocycles. The summed E-state index contributed by atoms with van der Waals surface area (Å²) in [5.74, 6) is 1.78. The standard InChI is InChI=1S/C24H37N3O/c1-2-3-4-5-6-7-8-9-11-19-14-16-20(17-15-19)23-26-24(28-27-23)21-12-10-13-22(25)18-21/h14-17,21-22H,2-13,18,25H2,1H3/t21?,22-/m1/s1. The monoisotopic (exact) mass is 383 g/mol. The van der Waals surface area contributed by atoms with E-state index in [9.17, 15) is 0 Å². The summed E-state index contributed by atoms with van der Waals surface area (Å²) in [5.41, 5.74) is 8.53. The first-order valence-electron chi connectivity index (χ1n) is 11.4. The summed E-state index contributed by atoms with van der Waals surface area (Å²) in [7, 11) is 0. The average molecular weight is 384 g/mol. The van der Waals surface area contributed by atoms with E-state index < -0.39 is 0 Å². The second kappa shape index (κ2) is 11.4. The van der Waals surface area contributed by atoms with Crippen molar-refractivity contribution in [2.45, 2.75) is 102 Å². The molecule has 1 aliphatic rings. The lowest BCUT2D eigenvalue weighted by atomic mass is 9.86. The maximum absolute atomic E-state index is 6.09. The molecular formula is C24H37N3O. The number of aromatic nitrogens is 2.